The minimum absolute atomic E-state index is 0.419. The maximum absolute atomic E-state index is 11.1. The van der Waals surface area contributed by atoms with E-state index in [4.69, 9.17) is 9.94 Å². The first-order chi connectivity index (χ1) is 6.25. The fourth-order valence-corrected chi connectivity index (χ4v) is 1.42. The van der Waals surface area contributed by atoms with Gasteiger partial charge in [-0.3, -0.25) is 10.0 Å². The second-order valence-electron chi connectivity index (χ2n) is 2.74. The van der Waals surface area contributed by atoms with Crippen LogP contribution in [0.3, 0.4) is 0 Å². The third-order valence-corrected chi connectivity index (χ3v) is 2.19. The third kappa shape index (κ3) is 2.67. The van der Waals surface area contributed by atoms with Crippen molar-refractivity contribution in [3.8, 4) is 0 Å². The van der Waals surface area contributed by atoms with Crippen LogP contribution in [0.25, 0.3) is 0 Å². The zero-order chi connectivity index (χ0) is 10.3. The summed E-state index contributed by atoms with van der Waals surface area (Å²) in [6.07, 6.45) is 2.20. The highest BCUT2D eigenvalue weighted by molar-refractivity contribution is 5.84. The summed E-state index contributed by atoms with van der Waals surface area (Å²) < 4.78 is 5.27. The molecule has 1 unspecified atom stereocenters. The number of nitrogens with one attached hydrogen (secondary N) is 1. The number of hydroxylamine groups is 1. The molecule has 0 radical (unpaired) electrons. The maximum atomic E-state index is 11.1. The summed E-state index contributed by atoms with van der Waals surface area (Å²) in [7, 11) is 0. The van der Waals surface area contributed by atoms with Gasteiger partial charge in [0.25, 0.3) is 5.91 Å². The van der Waals surface area contributed by atoms with E-state index in [1.807, 2.05) is 20.8 Å². The number of hydrogen-bond acceptors (Lipinski definition) is 3. The second-order valence-corrected chi connectivity index (χ2v) is 2.74. The van der Waals surface area contributed by atoms with Crippen LogP contribution in [0.4, 0.5) is 0 Å². The Morgan fingerprint density at radius 2 is 2.23 bits per heavy atom. The zero-order valence-corrected chi connectivity index (χ0v) is 8.59. The lowest BCUT2D eigenvalue weighted by molar-refractivity contribution is -0.150. The molecule has 0 saturated carbocycles. The first-order valence-electron chi connectivity index (χ1n) is 4.83. The van der Waals surface area contributed by atoms with Gasteiger partial charge in [0.05, 0.1) is 0 Å². The van der Waals surface area contributed by atoms with Gasteiger partial charge in [0, 0.05) is 6.61 Å². The number of carbonyl (C=O) groups is 1. The molecule has 4 nitrogen and oxygen atoms in total. The van der Waals surface area contributed by atoms with E-state index in [0.29, 0.717) is 19.4 Å². The largest absolute Gasteiger partial charge is 0.365 e. The molecule has 1 aliphatic heterocycles. The van der Waals surface area contributed by atoms with Gasteiger partial charge in [0.1, 0.15) is 5.60 Å². The molecule has 1 fully saturated rings. The molecular weight excluding hydrogens is 170 g/mol. The van der Waals surface area contributed by atoms with Crippen molar-refractivity contribution >= 4 is 5.91 Å². The summed E-state index contributed by atoms with van der Waals surface area (Å²) in [6.45, 7) is 6.49. The van der Waals surface area contributed by atoms with Gasteiger partial charge in [-0.2, -0.15) is 0 Å². The molecule has 78 valence electrons. The molecule has 0 spiro atoms. The van der Waals surface area contributed by atoms with Crippen molar-refractivity contribution < 1.29 is 14.7 Å². The van der Waals surface area contributed by atoms with E-state index in [2.05, 4.69) is 0 Å². The Bertz CT molecular complexity index is 153. The molecule has 13 heavy (non-hydrogen) atoms. The minimum Gasteiger partial charge on any atom is -0.365 e. The van der Waals surface area contributed by atoms with Crippen molar-refractivity contribution in [2.24, 2.45) is 0 Å². The second kappa shape index (κ2) is 5.94. The van der Waals surface area contributed by atoms with Crippen molar-refractivity contribution in [1.82, 2.24) is 5.48 Å². The fraction of sp³-hybridized carbons (Fsp3) is 0.889. The minimum atomic E-state index is -0.755. The lowest BCUT2D eigenvalue weighted by Crippen LogP contribution is -2.44. The molecule has 1 amide bonds. The summed E-state index contributed by atoms with van der Waals surface area (Å²) in [4.78, 5) is 11.1. The smallest absolute Gasteiger partial charge is 0.275 e. The highest BCUT2D eigenvalue weighted by atomic mass is 16.5. The van der Waals surface area contributed by atoms with E-state index in [1.54, 1.807) is 5.48 Å². The highest BCUT2D eigenvalue weighted by Gasteiger charge is 2.40. The Kier molecular flexibility index (Phi) is 5.66. The van der Waals surface area contributed by atoms with Crippen LogP contribution in [0.15, 0.2) is 0 Å². The fourth-order valence-electron chi connectivity index (χ4n) is 1.42. The van der Waals surface area contributed by atoms with Gasteiger partial charge in [0.2, 0.25) is 0 Å². The van der Waals surface area contributed by atoms with Crippen molar-refractivity contribution in [2.75, 3.05) is 6.61 Å². The molecular formula is C9H19NO3. The molecule has 0 aromatic heterocycles. The van der Waals surface area contributed by atoms with E-state index in [0.717, 1.165) is 6.42 Å². The lowest BCUT2D eigenvalue weighted by Gasteiger charge is -2.23. The predicted molar refractivity (Wildman–Crippen MR) is 49.5 cm³/mol. The Hall–Kier alpha value is -0.610. The maximum Gasteiger partial charge on any atom is 0.275 e. The quantitative estimate of drug-likeness (QED) is 0.511. The molecule has 0 aromatic carbocycles. The molecule has 1 rings (SSSR count). The normalized spacial score (nSPS) is 26.2. The van der Waals surface area contributed by atoms with Gasteiger partial charge in [0.15, 0.2) is 0 Å². The van der Waals surface area contributed by atoms with E-state index in [1.165, 1.54) is 0 Å². The van der Waals surface area contributed by atoms with Gasteiger partial charge in [-0.15, -0.1) is 0 Å². The molecule has 2 N–H and O–H groups in total. The number of ether oxygens (including phenoxy) is 1. The van der Waals surface area contributed by atoms with Gasteiger partial charge in [-0.25, -0.2) is 5.48 Å². The van der Waals surface area contributed by atoms with Gasteiger partial charge >= 0.3 is 0 Å². The average Bonchev–Trinajstić information content (AvgIpc) is 2.69. The molecule has 1 atom stereocenters. The van der Waals surface area contributed by atoms with Crippen LogP contribution in [0.1, 0.15) is 40.0 Å². The Morgan fingerprint density at radius 3 is 2.54 bits per heavy atom. The van der Waals surface area contributed by atoms with Crippen LogP contribution in [0, 0.1) is 0 Å². The molecule has 0 aromatic rings. The van der Waals surface area contributed by atoms with Crippen molar-refractivity contribution in [3.05, 3.63) is 0 Å². The summed E-state index contributed by atoms with van der Waals surface area (Å²) in [5, 5.41) is 8.41. The molecule has 0 bridgehead atoms. The molecule has 4 heteroatoms. The highest BCUT2D eigenvalue weighted by Crippen LogP contribution is 2.28. The Morgan fingerprint density at radius 1 is 1.62 bits per heavy atom. The summed E-state index contributed by atoms with van der Waals surface area (Å²) in [5.74, 6) is -0.419. The van der Waals surface area contributed by atoms with Crippen LogP contribution in [-0.4, -0.2) is 23.3 Å². The first kappa shape index (κ1) is 12.4. The van der Waals surface area contributed by atoms with E-state index in [-0.39, 0.29) is 0 Å². The Labute approximate surface area is 79.2 Å². The summed E-state index contributed by atoms with van der Waals surface area (Å²) in [5.41, 5.74) is 0.880. The van der Waals surface area contributed by atoms with Gasteiger partial charge in [-0.1, -0.05) is 20.8 Å². The first-order valence-corrected chi connectivity index (χ1v) is 4.83. The molecule has 1 aliphatic rings. The molecule has 1 heterocycles. The predicted octanol–water partition coefficient (Wildman–Crippen LogP) is 1.48. The van der Waals surface area contributed by atoms with E-state index < -0.39 is 11.5 Å². The van der Waals surface area contributed by atoms with Crippen molar-refractivity contribution in [3.63, 3.8) is 0 Å². The SMILES string of the molecule is CC.CCC1(C(=O)NO)CCCO1. The van der Waals surface area contributed by atoms with E-state index in [9.17, 15) is 4.79 Å². The van der Waals surface area contributed by atoms with Gasteiger partial charge < -0.3 is 4.74 Å². The Balaban J connectivity index is 0.000000671. The average molecular weight is 189 g/mol. The zero-order valence-electron chi connectivity index (χ0n) is 8.59. The van der Waals surface area contributed by atoms with Crippen LogP contribution >= 0.6 is 0 Å². The van der Waals surface area contributed by atoms with Crippen molar-refractivity contribution in [1.29, 1.82) is 0 Å². The topological polar surface area (TPSA) is 58.6 Å². The van der Waals surface area contributed by atoms with Crippen LogP contribution in [-0.2, 0) is 9.53 Å². The number of carbonyl (C=O) groups excluding carboxylic acids is 1. The number of hydrogen-bond donors (Lipinski definition) is 2. The standard InChI is InChI=1S/C7H13NO3.C2H6/c1-2-7(6(9)8-10)4-3-5-11-7;1-2/h10H,2-5H2,1H3,(H,8,9);1-2H3. The van der Waals surface area contributed by atoms with Gasteiger partial charge in [-0.05, 0) is 19.3 Å². The summed E-state index contributed by atoms with van der Waals surface area (Å²) >= 11 is 0. The van der Waals surface area contributed by atoms with E-state index >= 15 is 0 Å². The molecule has 0 aliphatic carbocycles. The third-order valence-electron chi connectivity index (χ3n) is 2.19. The van der Waals surface area contributed by atoms with Crippen molar-refractivity contribution in [2.45, 2.75) is 45.6 Å². The molecule has 1 saturated heterocycles. The number of amides is 1. The number of rotatable bonds is 2. The lowest BCUT2D eigenvalue weighted by atomic mass is 9.96. The van der Waals surface area contributed by atoms with Crippen LogP contribution in [0.2, 0.25) is 0 Å². The van der Waals surface area contributed by atoms with Crippen LogP contribution < -0.4 is 5.48 Å². The summed E-state index contributed by atoms with van der Waals surface area (Å²) in [6, 6.07) is 0. The monoisotopic (exact) mass is 189 g/mol. The van der Waals surface area contributed by atoms with Crippen LogP contribution in [0.5, 0.6) is 0 Å².